The van der Waals surface area contributed by atoms with Gasteiger partial charge in [0.05, 0.1) is 20.6 Å². The monoisotopic (exact) mass is 623 g/mol. The van der Waals surface area contributed by atoms with Gasteiger partial charge < -0.3 is 10.2 Å². The lowest BCUT2D eigenvalue weighted by atomic mass is 10.1. The summed E-state index contributed by atoms with van der Waals surface area (Å²) in [5.41, 5.74) is 1.65. The van der Waals surface area contributed by atoms with Crippen LogP contribution in [0.25, 0.3) is 0 Å². The number of nitrogens with one attached hydrogen (secondary N) is 1. The Hall–Kier alpha value is -2.78. The Balaban J connectivity index is 2.10. The normalized spacial score (nSPS) is 12.2. The maximum atomic E-state index is 14.1. The van der Waals surface area contributed by atoms with Gasteiger partial charge in [0.25, 0.3) is 10.0 Å². The summed E-state index contributed by atoms with van der Waals surface area (Å²) in [5.74, 6) is -0.930. The molecule has 214 valence electrons. The number of benzene rings is 3. The van der Waals surface area contributed by atoms with Crippen LogP contribution in [0.3, 0.4) is 0 Å². The third-order valence-electron chi connectivity index (χ3n) is 6.17. The van der Waals surface area contributed by atoms with Crippen LogP contribution < -0.4 is 9.62 Å². The van der Waals surface area contributed by atoms with Crippen molar-refractivity contribution in [3.63, 3.8) is 0 Å². The quantitative estimate of drug-likeness (QED) is 0.265. The van der Waals surface area contributed by atoms with Gasteiger partial charge in [0, 0.05) is 17.6 Å². The highest BCUT2D eigenvalue weighted by Crippen LogP contribution is 2.35. The van der Waals surface area contributed by atoms with Gasteiger partial charge in [-0.1, -0.05) is 77.6 Å². The highest BCUT2D eigenvalue weighted by Gasteiger charge is 2.34. The molecule has 7 nitrogen and oxygen atoms in total. The standard InChI is InChI=1S/C29H32Cl3N3O4S/c1-5-25(29(37)33-19(2)3)34(17-21-11-13-22(30)14-12-21)27(36)18-35(26-8-6-7-24(31)28(26)32)40(38,39)23-15-9-20(4)10-16-23/h6-16,19,25H,5,17-18H2,1-4H3,(H,33,37)/t25-/m1/s1. The number of carbonyl (C=O) groups excluding carboxylic acids is 2. The molecule has 0 bridgehead atoms. The third kappa shape index (κ3) is 7.69. The molecule has 0 saturated carbocycles. The van der Waals surface area contributed by atoms with Crippen molar-refractivity contribution < 1.29 is 18.0 Å². The number of halogens is 3. The Morgan fingerprint density at radius 1 is 0.925 bits per heavy atom. The number of aryl methyl sites for hydroxylation is 1. The minimum atomic E-state index is -4.26. The first-order valence-electron chi connectivity index (χ1n) is 12.7. The lowest BCUT2D eigenvalue weighted by Crippen LogP contribution is -2.53. The summed E-state index contributed by atoms with van der Waals surface area (Å²) in [5, 5.41) is 3.51. The second-order valence-corrected chi connectivity index (χ2v) is 12.7. The van der Waals surface area contributed by atoms with E-state index in [4.69, 9.17) is 34.8 Å². The van der Waals surface area contributed by atoms with Crippen LogP contribution >= 0.6 is 34.8 Å². The topological polar surface area (TPSA) is 86.8 Å². The Kier molecular flexibility index (Phi) is 10.9. The van der Waals surface area contributed by atoms with Crippen molar-refractivity contribution in [1.29, 1.82) is 0 Å². The lowest BCUT2D eigenvalue weighted by Gasteiger charge is -2.33. The molecule has 1 N–H and O–H groups in total. The van der Waals surface area contributed by atoms with Crippen LogP contribution in [0.2, 0.25) is 15.1 Å². The highest BCUT2D eigenvalue weighted by atomic mass is 35.5. The Labute approximate surface area is 251 Å². The first kappa shape index (κ1) is 31.7. The van der Waals surface area contributed by atoms with Crippen LogP contribution in [0.1, 0.15) is 38.3 Å². The molecule has 0 radical (unpaired) electrons. The van der Waals surface area contributed by atoms with Gasteiger partial charge in [-0.15, -0.1) is 0 Å². The molecule has 1 atom stereocenters. The Morgan fingerprint density at radius 2 is 1.55 bits per heavy atom. The molecule has 40 heavy (non-hydrogen) atoms. The molecule has 0 aliphatic carbocycles. The summed E-state index contributed by atoms with van der Waals surface area (Å²) in [6.45, 7) is 6.73. The summed E-state index contributed by atoms with van der Waals surface area (Å²) in [7, 11) is -4.26. The fourth-order valence-corrected chi connectivity index (χ4v) is 6.12. The Bertz CT molecular complexity index is 1450. The molecule has 11 heteroatoms. The van der Waals surface area contributed by atoms with Crippen molar-refractivity contribution in [2.24, 2.45) is 0 Å². The number of rotatable bonds is 11. The van der Waals surface area contributed by atoms with E-state index in [2.05, 4.69) is 5.32 Å². The molecule has 0 unspecified atom stereocenters. The first-order valence-corrected chi connectivity index (χ1v) is 15.3. The van der Waals surface area contributed by atoms with E-state index < -0.39 is 28.5 Å². The third-order valence-corrected chi connectivity index (χ3v) is 9.01. The van der Waals surface area contributed by atoms with Gasteiger partial charge in [0.15, 0.2) is 0 Å². The fraction of sp³-hybridized carbons (Fsp3) is 0.310. The van der Waals surface area contributed by atoms with Crippen LogP contribution in [0.4, 0.5) is 5.69 Å². The first-order chi connectivity index (χ1) is 18.8. The van der Waals surface area contributed by atoms with Gasteiger partial charge >= 0.3 is 0 Å². The molecule has 3 aromatic rings. The summed E-state index contributed by atoms with van der Waals surface area (Å²) >= 11 is 18.8. The molecule has 0 spiro atoms. The molecule has 3 aromatic carbocycles. The van der Waals surface area contributed by atoms with E-state index in [-0.39, 0.29) is 39.1 Å². The van der Waals surface area contributed by atoms with E-state index in [9.17, 15) is 18.0 Å². The van der Waals surface area contributed by atoms with Crippen LogP contribution in [0, 0.1) is 6.92 Å². The zero-order valence-corrected chi connectivity index (χ0v) is 25.8. The number of carbonyl (C=O) groups is 2. The van der Waals surface area contributed by atoms with Crippen LogP contribution in [-0.4, -0.2) is 43.8 Å². The Morgan fingerprint density at radius 3 is 2.12 bits per heavy atom. The largest absolute Gasteiger partial charge is 0.352 e. The van der Waals surface area contributed by atoms with Crippen molar-refractivity contribution >= 4 is 62.3 Å². The predicted molar refractivity (Wildman–Crippen MR) is 162 cm³/mol. The van der Waals surface area contributed by atoms with Gasteiger partial charge in [-0.3, -0.25) is 13.9 Å². The van der Waals surface area contributed by atoms with E-state index in [1.54, 1.807) is 49.4 Å². The second-order valence-electron chi connectivity index (χ2n) is 9.63. The van der Waals surface area contributed by atoms with Crippen molar-refractivity contribution in [2.45, 2.75) is 57.6 Å². The second kappa shape index (κ2) is 13.7. The van der Waals surface area contributed by atoms with Crippen molar-refractivity contribution in [2.75, 3.05) is 10.8 Å². The summed E-state index contributed by atoms with van der Waals surface area (Å²) < 4.78 is 28.8. The highest BCUT2D eigenvalue weighted by molar-refractivity contribution is 7.92. The van der Waals surface area contributed by atoms with Gasteiger partial charge in [-0.25, -0.2) is 8.42 Å². The smallest absolute Gasteiger partial charge is 0.264 e. The van der Waals surface area contributed by atoms with Gasteiger partial charge in [0.2, 0.25) is 11.8 Å². The SMILES string of the molecule is CC[C@H](C(=O)NC(C)C)N(Cc1ccc(Cl)cc1)C(=O)CN(c1cccc(Cl)c1Cl)S(=O)(=O)c1ccc(C)cc1. The maximum Gasteiger partial charge on any atom is 0.264 e. The number of hydrogen-bond donors (Lipinski definition) is 1. The molecule has 0 aliphatic rings. The molecule has 0 fully saturated rings. The lowest BCUT2D eigenvalue weighted by molar-refractivity contribution is -0.140. The number of amides is 2. The number of sulfonamides is 1. The van der Waals surface area contributed by atoms with E-state index >= 15 is 0 Å². The number of anilines is 1. The van der Waals surface area contributed by atoms with E-state index in [1.165, 1.54) is 29.2 Å². The molecule has 2 amide bonds. The molecule has 0 heterocycles. The van der Waals surface area contributed by atoms with E-state index in [0.717, 1.165) is 15.4 Å². The van der Waals surface area contributed by atoms with E-state index in [0.29, 0.717) is 11.4 Å². The molecular formula is C29H32Cl3N3O4S. The van der Waals surface area contributed by atoms with Crippen molar-refractivity contribution in [3.8, 4) is 0 Å². The van der Waals surface area contributed by atoms with Crippen LogP contribution in [-0.2, 0) is 26.2 Å². The van der Waals surface area contributed by atoms with E-state index in [1.807, 2.05) is 20.8 Å². The zero-order chi connectivity index (χ0) is 29.6. The van der Waals surface area contributed by atoms with Crippen molar-refractivity contribution in [3.05, 3.63) is 92.9 Å². The maximum absolute atomic E-state index is 14.1. The minimum Gasteiger partial charge on any atom is -0.352 e. The fourth-order valence-electron chi connectivity index (χ4n) is 4.12. The molecule has 3 rings (SSSR count). The van der Waals surface area contributed by atoms with Crippen LogP contribution in [0.15, 0.2) is 71.6 Å². The van der Waals surface area contributed by atoms with Gasteiger partial charge in [-0.05, 0) is 69.2 Å². The predicted octanol–water partition coefficient (Wildman–Crippen LogP) is 6.48. The average molecular weight is 625 g/mol. The number of nitrogens with zero attached hydrogens (tertiary/aromatic N) is 2. The number of hydrogen-bond acceptors (Lipinski definition) is 4. The van der Waals surface area contributed by atoms with Gasteiger partial charge in [0.1, 0.15) is 12.6 Å². The summed E-state index contributed by atoms with van der Waals surface area (Å²) in [6, 6.07) is 16.7. The van der Waals surface area contributed by atoms with Gasteiger partial charge in [-0.2, -0.15) is 0 Å². The molecule has 0 aromatic heterocycles. The van der Waals surface area contributed by atoms with Crippen LogP contribution in [0.5, 0.6) is 0 Å². The molecule has 0 saturated heterocycles. The summed E-state index contributed by atoms with van der Waals surface area (Å²) in [4.78, 5) is 28.6. The molecule has 0 aliphatic heterocycles. The molecular weight excluding hydrogens is 593 g/mol. The zero-order valence-electron chi connectivity index (χ0n) is 22.7. The average Bonchev–Trinajstić information content (AvgIpc) is 2.89. The minimum absolute atomic E-state index is 0.0125. The summed E-state index contributed by atoms with van der Waals surface area (Å²) in [6.07, 6.45) is 0.306. The van der Waals surface area contributed by atoms with Crippen molar-refractivity contribution in [1.82, 2.24) is 10.2 Å².